The lowest BCUT2D eigenvalue weighted by molar-refractivity contribution is -0.150. The number of hydrogen-bond acceptors (Lipinski definition) is 7. The largest absolute Gasteiger partial charge is 0.490 e. The normalized spacial score (nSPS) is 13.0. The Kier molecular flexibility index (Phi) is 11.0. The molecule has 0 radical (unpaired) electrons. The molecule has 0 heterocycles. The molecule has 2 aromatic rings. The summed E-state index contributed by atoms with van der Waals surface area (Å²) in [6, 6.07) is 11.0. The SMILES string of the molecule is CC(=O)O[C@H](CCl)COc1c(Cl)cc(C(C)(C)c2ccc(OC[C@H](CO)OC(C)=O)cc2)cc1Cl. The highest BCUT2D eigenvalue weighted by Crippen LogP contribution is 2.40. The highest BCUT2D eigenvalue weighted by Gasteiger charge is 2.26. The zero-order chi connectivity index (χ0) is 26.2. The van der Waals surface area contributed by atoms with Crippen molar-refractivity contribution in [3.63, 3.8) is 0 Å². The van der Waals surface area contributed by atoms with E-state index in [2.05, 4.69) is 0 Å². The number of hydrogen-bond donors (Lipinski definition) is 1. The number of benzene rings is 2. The van der Waals surface area contributed by atoms with Gasteiger partial charge in [-0.25, -0.2) is 0 Å². The fourth-order valence-electron chi connectivity index (χ4n) is 3.26. The van der Waals surface area contributed by atoms with Crippen LogP contribution in [0.25, 0.3) is 0 Å². The first kappa shape index (κ1) is 29.0. The number of ether oxygens (including phenoxy) is 4. The quantitative estimate of drug-likeness (QED) is 0.289. The van der Waals surface area contributed by atoms with E-state index in [4.69, 9.17) is 53.8 Å². The molecule has 0 bridgehead atoms. The van der Waals surface area contributed by atoms with Gasteiger partial charge in [0.05, 0.1) is 22.5 Å². The standard InChI is InChI=1S/C25H29Cl3O7/c1-15(30)34-20(11-26)13-33-24-22(27)9-18(10-23(24)28)25(3,4)17-5-7-19(8-6-17)32-14-21(12-29)35-16(2)31/h5-10,20-21,29H,11-14H2,1-4H3/t20-,21+/m1/s1. The van der Waals surface area contributed by atoms with Gasteiger partial charge in [0.15, 0.2) is 11.9 Å². The lowest BCUT2D eigenvalue weighted by atomic mass is 9.78. The summed E-state index contributed by atoms with van der Waals surface area (Å²) in [5.41, 5.74) is 1.37. The van der Waals surface area contributed by atoms with Crippen molar-refractivity contribution in [1.29, 1.82) is 0 Å². The molecule has 2 atom stereocenters. The van der Waals surface area contributed by atoms with E-state index in [0.717, 1.165) is 11.1 Å². The van der Waals surface area contributed by atoms with Crippen LogP contribution in [0.5, 0.6) is 11.5 Å². The topological polar surface area (TPSA) is 91.3 Å². The van der Waals surface area contributed by atoms with E-state index in [9.17, 15) is 14.7 Å². The number of rotatable bonds is 12. The van der Waals surface area contributed by atoms with Crippen LogP contribution < -0.4 is 9.47 Å². The van der Waals surface area contributed by atoms with Crippen LogP contribution in [-0.4, -0.2) is 55.0 Å². The second kappa shape index (κ2) is 13.2. The molecule has 2 rings (SSSR count). The van der Waals surface area contributed by atoms with Gasteiger partial charge in [0.25, 0.3) is 0 Å². The Morgan fingerprint density at radius 3 is 1.89 bits per heavy atom. The van der Waals surface area contributed by atoms with Gasteiger partial charge in [0.2, 0.25) is 0 Å². The number of halogens is 3. The molecule has 0 amide bonds. The van der Waals surface area contributed by atoms with E-state index < -0.39 is 29.6 Å². The number of aliphatic hydroxyl groups excluding tert-OH is 1. The molecule has 0 unspecified atom stereocenters. The third kappa shape index (κ3) is 8.46. The Hall–Kier alpha value is -2.19. The summed E-state index contributed by atoms with van der Waals surface area (Å²) in [7, 11) is 0. The van der Waals surface area contributed by atoms with Crippen molar-refractivity contribution in [3.8, 4) is 11.5 Å². The van der Waals surface area contributed by atoms with E-state index in [0.29, 0.717) is 15.8 Å². The fourth-order valence-corrected chi connectivity index (χ4v) is 4.01. The van der Waals surface area contributed by atoms with Crippen molar-refractivity contribution < 1.29 is 33.6 Å². The van der Waals surface area contributed by atoms with Crippen LogP contribution in [0.3, 0.4) is 0 Å². The first-order valence-corrected chi connectivity index (χ1v) is 12.1. The average molecular weight is 548 g/mol. The molecule has 0 aromatic heterocycles. The summed E-state index contributed by atoms with van der Waals surface area (Å²) < 4.78 is 21.4. The maximum Gasteiger partial charge on any atom is 0.303 e. The molecule has 0 saturated heterocycles. The Labute approximate surface area is 220 Å². The van der Waals surface area contributed by atoms with Gasteiger partial charge in [-0.2, -0.15) is 0 Å². The van der Waals surface area contributed by atoms with Crippen LogP contribution in [0.4, 0.5) is 0 Å². The minimum atomic E-state index is -0.734. The summed E-state index contributed by atoms with van der Waals surface area (Å²) in [6.07, 6.45) is -1.36. The first-order chi connectivity index (χ1) is 16.5. The highest BCUT2D eigenvalue weighted by atomic mass is 35.5. The zero-order valence-electron chi connectivity index (χ0n) is 20.0. The summed E-state index contributed by atoms with van der Waals surface area (Å²) in [4.78, 5) is 22.2. The predicted molar refractivity (Wildman–Crippen MR) is 135 cm³/mol. The van der Waals surface area contributed by atoms with E-state index in [1.807, 2.05) is 26.0 Å². The molecule has 10 heteroatoms. The summed E-state index contributed by atoms with van der Waals surface area (Å²) in [6.45, 7) is 6.34. The molecule has 0 saturated carbocycles. The van der Waals surface area contributed by atoms with Gasteiger partial charge in [-0.3, -0.25) is 9.59 Å². The van der Waals surface area contributed by atoms with Crippen LogP contribution >= 0.6 is 34.8 Å². The highest BCUT2D eigenvalue weighted by molar-refractivity contribution is 6.37. The second-order valence-corrected chi connectivity index (χ2v) is 9.46. The van der Waals surface area contributed by atoms with Crippen LogP contribution in [0.1, 0.15) is 38.8 Å². The van der Waals surface area contributed by atoms with Gasteiger partial charge in [-0.15, -0.1) is 11.6 Å². The molecule has 0 aliphatic carbocycles. The smallest absolute Gasteiger partial charge is 0.303 e. The minimum Gasteiger partial charge on any atom is -0.490 e. The lowest BCUT2D eigenvalue weighted by Gasteiger charge is -2.27. The molecule has 35 heavy (non-hydrogen) atoms. The van der Waals surface area contributed by atoms with E-state index in [1.54, 1.807) is 24.3 Å². The number of aliphatic hydroxyl groups is 1. The van der Waals surface area contributed by atoms with E-state index >= 15 is 0 Å². The van der Waals surface area contributed by atoms with Gasteiger partial charge in [-0.05, 0) is 35.4 Å². The summed E-state index contributed by atoms with van der Waals surface area (Å²) >= 11 is 18.8. The minimum absolute atomic E-state index is 0.0152. The van der Waals surface area contributed by atoms with Gasteiger partial charge < -0.3 is 24.1 Å². The fraction of sp³-hybridized carbons (Fsp3) is 0.440. The van der Waals surface area contributed by atoms with Crippen LogP contribution in [0.2, 0.25) is 10.0 Å². The maximum absolute atomic E-state index is 11.2. The lowest BCUT2D eigenvalue weighted by Crippen LogP contribution is -2.27. The first-order valence-electron chi connectivity index (χ1n) is 10.8. The number of carbonyl (C=O) groups is 2. The predicted octanol–water partition coefficient (Wildman–Crippen LogP) is 5.17. The zero-order valence-corrected chi connectivity index (χ0v) is 22.2. The van der Waals surface area contributed by atoms with Crippen molar-refractivity contribution in [3.05, 3.63) is 57.6 Å². The van der Waals surface area contributed by atoms with Gasteiger partial charge in [-0.1, -0.05) is 49.2 Å². The van der Waals surface area contributed by atoms with Crippen molar-refractivity contribution in [2.45, 2.75) is 45.3 Å². The average Bonchev–Trinajstić information content (AvgIpc) is 2.80. The van der Waals surface area contributed by atoms with Crippen molar-refractivity contribution in [2.75, 3.05) is 25.7 Å². The second-order valence-electron chi connectivity index (χ2n) is 8.34. The Morgan fingerprint density at radius 2 is 1.40 bits per heavy atom. The molecule has 2 aromatic carbocycles. The third-order valence-electron chi connectivity index (χ3n) is 5.19. The van der Waals surface area contributed by atoms with Crippen LogP contribution in [0, 0.1) is 0 Å². The van der Waals surface area contributed by atoms with Gasteiger partial charge >= 0.3 is 11.9 Å². The molecule has 1 N–H and O–H groups in total. The molecular formula is C25H29Cl3O7. The molecule has 7 nitrogen and oxygen atoms in total. The molecule has 0 fully saturated rings. The third-order valence-corrected chi connectivity index (χ3v) is 6.09. The maximum atomic E-state index is 11.2. The number of alkyl halides is 1. The van der Waals surface area contributed by atoms with E-state index in [-0.39, 0.29) is 31.5 Å². The van der Waals surface area contributed by atoms with Gasteiger partial charge in [0.1, 0.15) is 25.1 Å². The van der Waals surface area contributed by atoms with Crippen molar-refractivity contribution in [1.82, 2.24) is 0 Å². The number of carbonyl (C=O) groups excluding carboxylic acids is 2. The summed E-state index contributed by atoms with van der Waals surface area (Å²) in [5.74, 6) is -0.0182. The van der Waals surface area contributed by atoms with E-state index in [1.165, 1.54) is 13.8 Å². The molecule has 0 aliphatic heterocycles. The van der Waals surface area contributed by atoms with Crippen LogP contribution in [-0.2, 0) is 24.5 Å². The Morgan fingerprint density at radius 1 is 0.886 bits per heavy atom. The van der Waals surface area contributed by atoms with Crippen molar-refractivity contribution in [2.24, 2.45) is 0 Å². The monoisotopic (exact) mass is 546 g/mol. The van der Waals surface area contributed by atoms with Crippen LogP contribution in [0.15, 0.2) is 36.4 Å². The number of esters is 2. The molecular weight excluding hydrogens is 519 g/mol. The Balaban J connectivity index is 2.14. The molecule has 192 valence electrons. The Bertz CT molecular complexity index is 986. The van der Waals surface area contributed by atoms with Crippen molar-refractivity contribution >= 4 is 46.7 Å². The summed E-state index contributed by atoms with van der Waals surface area (Å²) in [5, 5.41) is 9.92. The van der Waals surface area contributed by atoms with Gasteiger partial charge in [0, 0.05) is 19.3 Å². The molecule has 0 aliphatic rings. The molecule has 0 spiro atoms.